The van der Waals surface area contributed by atoms with Crippen LogP contribution in [0.1, 0.15) is 9.67 Å². The maximum atomic E-state index is 12.8. The Kier molecular flexibility index (Phi) is 3.85. The molecule has 4 heterocycles. The highest BCUT2D eigenvalue weighted by Gasteiger charge is 2.32. The minimum absolute atomic E-state index is 0.0572. The molecule has 1 aromatic carbocycles. The number of hydrogen-bond donors (Lipinski definition) is 2. The predicted molar refractivity (Wildman–Crippen MR) is 106 cm³/mol. The Morgan fingerprint density at radius 1 is 1.10 bits per heavy atom. The van der Waals surface area contributed by atoms with Crippen LogP contribution in [0.3, 0.4) is 0 Å². The fourth-order valence-electron chi connectivity index (χ4n) is 3.13. The number of amides is 2. The number of urea groups is 1. The number of thiophene rings is 1. The summed E-state index contributed by atoms with van der Waals surface area (Å²) in [6.07, 6.45) is 6.06. The van der Waals surface area contributed by atoms with Crippen molar-refractivity contribution in [3.05, 3.63) is 60.1 Å². The Bertz CT molecular complexity index is 1260. The molecule has 2 N–H and O–H groups in total. The number of carbonyl (C=O) groups is 2. The van der Waals surface area contributed by atoms with E-state index in [9.17, 15) is 14.7 Å². The number of aromatic nitrogens is 3. The molecule has 4 aromatic rings. The van der Waals surface area contributed by atoms with Crippen LogP contribution in [0.15, 0.2) is 55.2 Å². The van der Waals surface area contributed by atoms with Crippen molar-refractivity contribution in [3.63, 3.8) is 0 Å². The van der Waals surface area contributed by atoms with E-state index in [4.69, 9.17) is 4.74 Å². The van der Waals surface area contributed by atoms with Gasteiger partial charge in [0, 0.05) is 6.20 Å². The first-order valence-electron chi connectivity index (χ1n) is 8.40. The number of rotatable bonds is 4. The highest BCUT2D eigenvalue weighted by Crippen LogP contribution is 2.45. The van der Waals surface area contributed by atoms with Gasteiger partial charge >= 0.3 is 12.0 Å². The van der Waals surface area contributed by atoms with Crippen LogP contribution in [-0.4, -0.2) is 32.1 Å². The number of ether oxygens (including phenoxy) is 1. The third-order valence-corrected chi connectivity index (χ3v) is 5.39. The van der Waals surface area contributed by atoms with Gasteiger partial charge in [0.05, 0.1) is 34.8 Å². The molecule has 0 saturated heterocycles. The molecule has 9 nitrogen and oxygen atoms in total. The number of hydrogen-bond acceptors (Lipinski definition) is 7. The summed E-state index contributed by atoms with van der Waals surface area (Å²) in [6.45, 7) is 0. The molecule has 29 heavy (non-hydrogen) atoms. The van der Waals surface area contributed by atoms with E-state index in [2.05, 4.69) is 20.3 Å². The van der Waals surface area contributed by atoms with Crippen LogP contribution in [0.25, 0.3) is 10.2 Å². The van der Waals surface area contributed by atoms with Crippen LogP contribution in [0, 0.1) is 0 Å². The second-order valence-electron chi connectivity index (χ2n) is 6.06. The third kappa shape index (κ3) is 2.82. The largest absolute Gasteiger partial charge is 0.477 e. The number of nitrogens with one attached hydrogen (secondary N) is 1. The standard InChI is InChI=1S/C19H11N5O4S/c25-18(26)16-15-14-13(5-6-22-17(14)29-16)24(19(27)23-15)10-1-3-11(4-2-10)28-12-7-20-9-21-8-12/h1-9H,(H,23,27)(H,25,26). The summed E-state index contributed by atoms with van der Waals surface area (Å²) in [4.78, 5) is 38.4. The molecule has 0 fully saturated rings. The number of carbonyl (C=O) groups excluding carboxylic acids is 1. The zero-order chi connectivity index (χ0) is 20.0. The van der Waals surface area contributed by atoms with Crippen LogP contribution in [0.2, 0.25) is 0 Å². The van der Waals surface area contributed by atoms with E-state index in [1.807, 2.05) is 0 Å². The van der Waals surface area contributed by atoms with E-state index in [1.165, 1.54) is 11.2 Å². The summed E-state index contributed by atoms with van der Waals surface area (Å²) >= 11 is 1.03. The maximum absolute atomic E-state index is 12.8. The molecule has 142 valence electrons. The Hall–Kier alpha value is -4.05. The van der Waals surface area contributed by atoms with Crippen LogP contribution in [0.5, 0.6) is 11.5 Å². The van der Waals surface area contributed by atoms with Gasteiger partial charge in [0.2, 0.25) is 0 Å². The number of anilines is 3. The van der Waals surface area contributed by atoms with Crippen molar-refractivity contribution in [2.75, 3.05) is 10.2 Å². The van der Waals surface area contributed by atoms with E-state index in [0.29, 0.717) is 33.1 Å². The molecular weight excluding hydrogens is 394 g/mol. The van der Waals surface area contributed by atoms with E-state index in [1.54, 1.807) is 48.9 Å². The van der Waals surface area contributed by atoms with E-state index >= 15 is 0 Å². The van der Waals surface area contributed by atoms with Crippen molar-refractivity contribution in [1.82, 2.24) is 15.0 Å². The third-order valence-electron chi connectivity index (χ3n) is 4.31. The number of benzene rings is 1. The molecular formula is C19H11N5O4S. The van der Waals surface area contributed by atoms with Gasteiger partial charge in [0.25, 0.3) is 0 Å². The van der Waals surface area contributed by atoms with Crippen molar-refractivity contribution in [1.29, 1.82) is 0 Å². The molecule has 1 aliphatic rings. The molecule has 0 unspecified atom stereocenters. The topological polar surface area (TPSA) is 118 Å². The molecule has 0 spiro atoms. The number of nitrogens with zero attached hydrogens (tertiary/aromatic N) is 4. The lowest BCUT2D eigenvalue weighted by molar-refractivity contribution is 0.0703. The monoisotopic (exact) mass is 405 g/mol. The van der Waals surface area contributed by atoms with Crippen LogP contribution in [-0.2, 0) is 0 Å². The van der Waals surface area contributed by atoms with Gasteiger partial charge in [-0.2, -0.15) is 0 Å². The van der Waals surface area contributed by atoms with Gasteiger partial charge in [-0.05, 0) is 30.3 Å². The summed E-state index contributed by atoms with van der Waals surface area (Å²) in [7, 11) is 0. The van der Waals surface area contributed by atoms with Gasteiger partial charge in [-0.1, -0.05) is 0 Å². The van der Waals surface area contributed by atoms with Gasteiger partial charge in [-0.15, -0.1) is 11.3 Å². The Morgan fingerprint density at radius 2 is 1.86 bits per heavy atom. The van der Waals surface area contributed by atoms with Crippen LogP contribution in [0.4, 0.5) is 21.9 Å². The average molecular weight is 405 g/mol. The molecule has 0 aliphatic carbocycles. The second kappa shape index (κ2) is 6.53. The van der Waals surface area contributed by atoms with Crippen LogP contribution >= 0.6 is 11.3 Å². The number of aromatic carboxylic acids is 1. The van der Waals surface area contributed by atoms with Crippen molar-refractivity contribution in [3.8, 4) is 11.5 Å². The quantitative estimate of drug-likeness (QED) is 0.521. The van der Waals surface area contributed by atoms with Crippen molar-refractivity contribution in [2.24, 2.45) is 0 Å². The van der Waals surface area contributed by atoms with Crippen LogP contribution < -0.4 is 15.0 Å². The second-order valence-corrected chi connectivity index (χ2v) is 7.06. The Labute approximate surface area is 167 Å². The lowest BCUT2D eigenvalue weighted by Gasteiger charge is -2.28. The van der Waals surface area contributed by atoms with E-state index in [0.717, 1.165) is 11.3 Å². The molecule has 0 atom stereocenters. The summed E-state index contributed by atoms with van der Waals surface area (Å²) < 4.78 is 5.67. The minimum atomic E-state index is -1.10. The highest BCUT2D eigenvalue weighted by molar-refractivity contribution is 7.21. The number of carboxylic acids is 1. The van der Waals surface area contributed by atoms with E-state index in [-0.39, 0.29) is 10.6 Å². The first kappa shape index (κ1) is 17.1. The van der Waals surface area contributed by atoms with Crippen molar-refractivity contribution < 1.29 is 19.4 Å². The SMILES string of the molecule is O=C(O)c1sc2nccc3c2c1NC(=O)N3c1ccc(Oc2cncnc2)cc1. The lowest BCUT2D eigenvalue weighted by atomic mass is 10.1. The minimum Gasteiger partial charge on any atom is -0.477 e. The summed E-state index contributed by atoms with van der Waals surface area (Å²) in [5.74, 6) is -0.0461. The first-order chi connectivity index (χ1) is 14.1. The van der Waals surface area contributed by atoms with Gasteiger partial charge in [0.1, 0.15) is 21.8 Å². The van der Waals surface area contributed by atoms with Gasteiger partial charge < -0.3 is 15.2 Å². The highest BCUT2D eigenvalue weighted by atomic mass is 32.1. The maximum Gasteiger partial charge on any atom is 0.348 e. The molecule has 0 radical (unpaired) electrons. The van der Waals surface area contributed by atoms with Crippen molar-refractivity contribution >= 4 is 50.6 Å². The van der Waals surface area contributed by atoms with Gasteiger partial charge in [-0.25, -0.2) is 24.5 Å². The van der Waals surface area contributed by atoms with Crippen molar-refractivity contribution in [2.45, 2.75) is 0 Å². The number of pyridine rings is 1. The molecule has 10 heteroatoms. The zero-order valence-electron chi connectivity index (χ0n) is 14.6. The predicted octanol–water partition coefficient (Wildman–Crippen LogP) is 4.26. The summed E-state index contributed by atoms with van der Waals surface area (Å²) in [5.41, 5.74) is 1.45. The fourth-order valence-corrected chi connectivity index (χ4v) is 4.09. The molecule has 2 amide bonds. The molecule has 0 saturated carbocycles. The smallest absolute Gasteiger partial charge is 0.348 e. The normalized spacial score (nSPS) is 12.7. The molecule has 1 aliphatic heterocycles. The zero-order valence-corrected chi connectivity index (χ0v) is 15.4. The Balaban J connectivity index is 1.54. The Morgan fingerprint density at radius 3 is 2.59 bits per heavy atom. The summed E-state index contributed by atoms with van der Waals surface area (Å²) in [5, 5.41) is 12.7. The molecule has 5 rings (SSSR count). The van der Waals surface area contributed by atoms with E-state index < -0.39 is 12.0 Å². The molecule has 3 aromatic heterocycles. The summed E-state index contributed by atoms with van der Waals surface area (Å²) in [6, 6.07) is 8.16. The van der Waals surface area contributed by atoms with Gasteiger partial charge in [-0.3, -0.25) is 4.90 Å². The lowest BCUT2D eigenvalue weighted by Crippen LogP contribution is -2.34. The average Bonchev–Trinajstić information content (AvgIpc) is 3.10. The molecule has 0 bridgehead atoms. The first-order valence-corrected chi connectivity index (χ1v) is 9.22. The fraction of sp³-hybridized carbons (Fsp3) is 0. The number of carboxylic acid groups (broad SMARTS) is 1. The van der Waals surface area contributed by atoms with Gasteiger partial charge in [0.15, 0.2) is 5.75 Å².